The zero-order valence-electron chi connectivity index (χ0n) is 6.99. The maximum Gasteiger partial charge on any atom is 0.419 e. The quantitative estimate of drug-likeness (QED) is 0.718. The number of hydrogen-bond acceptors (Lipinski definition) is 1. The van der Waals surface area contributed by atoms with Crippen LogP contribution in [0.3, 0.4) is 0 Å². The van der Waals surface area contributed by atoms with Gasteiger partial charge in [-0.25, -0.2) is 0 Å². The van der Waals surface area contributed by atoms with Crippen molar-refractivity contribution in [1.29, 1.82) is 0 Å². The maximum absolute atomic E-state index is 12.3. The third-order valence-corrected chi connectivity index (χ3v) is 1.70. The monoisotopic (exact) mass is 246 g/mol. The van der Waals surface area contributed by atoms with Gasteiger partial charge in [0.25, 0.3) is 0 Å². The Kier molecular flexibility index (Phi) is 3.38. The van der Waals surface area contributed by atoms with Crippen molar-refractivity contribution < 1.29 is 26.7 Å². The van der Waals surface area contributed by atoms with E-state index in [-0.39, 0.29) is 5.02 Å². The van der Waals surface area contributed by atoms with Gasteiger partial charge in [-0.1, -0.05) is 11.6 Å². The van der Waals surface area contributed by atoms with Crippen molar-refractivity contribution in [2.45, 2.75) is 12.8 Å². The minimum Gasteiger partial charge on any atom is -0.434 e. The van der Waals surface area contributed by atoms with Gasteiger partial charge in [-0.05, 0) is 18.2 Å². The van der Waals surface area contributed by atoms with Gasteiger partial charge < -0.3 is 4.74 Å². The molecule has 0 heterocycles. The van der Waals surface area contributed by atoms with Gasteiger partial charge in [0.1, 0.15) is 5.75 Å². The van der Waals surface area contributed by atoms with Crippen LogP contribution in [-0.4, -0.2) is 6.61 Å². The summed E-state index contributed by atoms with van der Waals surface area (Å²) < 4.78 is 64.1. The Morgan fingerprint density at radius 1 is 1.20 bits per heavy atom. The smallest absolute Gasteiger partial charge is 0.419 e. The van der Waals surface area contributed by atoms with E-state index in [9.17, 15) is 22.0 Å². The second-order valence-corrected chi connectivity index (χ2v) is 2.95. The summed E-state index contributed by atoms with van der Waals surface area (Å²) in [7, 11) is 0. The highest BCUT2D eigenvalue weighted by Gasteiger charge is 2.35. The molecule has 0 saturated heterocycles. The van der Waals surface area contributed by atoms with Crippen molar-refractivity contribution in [3.05, 3.63) is 28.8 Å². The number of alkyl halides is 5. The Balaban J connectivity index is 3.15. The molecule has 0 N–H and O–H groups in total. The Bertz CT molecular complexity index is 349. The number of hydrogen-bond donors (Lipinski definition) is 0. The fraction of sp³-hybridized carbons (Fsp3) is 0.250. The molecule has 0 aliphatic heterocycles. The Hall–Kier alpha value is -1.04. The van der Waals surface area contributed by atoms with Gasteiger partial charge in [0, 0.05) is 5.02 Å². The first-order valence-electron chi connectivity index (χ1n) is 3.62. The molecular weight excluding hydrogens is 243 g/mol. The zero-order valence-corrected chi connectivity index (χ0v) is 7.74. The number of benzene rings is 1. The Morgan fingerprint density at radius 2 is 1.80 bits per heavy atom. The molecule has 0 aliphatic carbocycles. The molecule has 0 amide bonds. The normalized spacial score (nSPS) is 11.9. The van der Waals surface area contributed by atoms with E-state index >= 15 is 0 Å². The van der Waals surface area contributed by atoms with Crippen molar-refractivity contribution in [3.63, 3.8) is 0 Å². The summed E-state index contributed by atoms with van der Waals surface area (Å²) in [5.41, 5.74) is -1.28. The third kappa shape index (κ3) is 3.23. The lowest BCUT2D eigenvalue weighted by molar-refractivity contribution is -0.141. The van der Waals surface area contributed by atoms with E-state index in [1.54, 1.807) is 0 Å². The molecule has 84 valence electrons. The highest BCUT2D eigenvalue weighted by atomic mass is 35.5. The van der Waals surface area contributed by atoms with Gasteiger partial charge in [0.2, 0.25) is 0 Å². The van der Waals surface area contributed by atoms with Crippen LogP contribution in [0.4, 0.5) is 22.0 Å². The second-order valence-electron chi connectivity index (χ2n) is 2.52. The summed E-state index contributed by atoms with van der Waals surface area (Å²) in [5.74, 6) is -0.981. The van der Waals surface area contributed by atoms with Gasteiger partial charge in [0.15, 0.2) is 0 Å². The highest BCUT2D eigenvalue weighted by molar-refractivity contribution is 6.30. The van der Waals surface area contributed by atoms with E-state index in [1.165, 1.54) is 0 Å². The predicted octanol–water partition coefficient (Wildman–Crippen LogP) is 3.96. The van der Waals surface area contributed by atoms with Crippen LogP contribution in [0.25, 0.3) is 0 Å². The molecule has 0 saturated carbocycles. The van der Waals surface area contributed by atoms with Crippen LogP contribution in [0.1, 0.15) is 5.56 Å². The minimum atomic E-state index is -4.76. The van der Waals surface area contributed by atoms with Crippen molar-refractivity contribution in [1.82, 2.24) is 0 Å². The van der Waals surface area contributed by atoms with E-state index < -0.39 is 24.1 Å². The van der Waals surface area contributed by atoms with E-state index in [1.807, 2.05) is 0 Å². The molecule has 1 aromatic carbocycles. The molecule has 1 aromatic rings. The number of ether oxygens (including phenoxy) is 1. The number of halogens is 6. The largest absolute Gasteiger partial charge is 0.434 e. The Labute approximate surface area is 86.4 Å². The molecule has 0 aliphatic rings. The lowest BCUT2D eigenvalue weighted by atomic mass is 10.2. The third-order valence-electron chi connectivity index (χ3n) is 1.47. The van der Waals surface area contributed by atoms with E-state index in [0.717, 1.165) is 6.07 Å². The molecule has 0 unspecified atom stereocenters. The Morgan fingerprint density at radius 3 is 2.27 bits per heavy atom. The summed E-state index contributed by atoms with van der Waals surface area (Å²) in [6.45, 7) is -3.33. The van der Waals surface area contributed by atoms with Crippen LogP contribution >= 0.6 is 11.6 Å². The van der Waals surface area contributed by atoms with Gasteiger partial charge in [0.05, 0.1) is 5.56 Å². The van der Waals surface area contributed by atoms with E-state index in [0.29, 0.717) is 12.1 Å². The molecule has 0 radical (unpaired) electrons. The van der Waals surface area contributed by atoms with Crippen LogP contribution in [0.5, 0.6) is 5.75 Å². The summed E-state index contributed by atoms with van der Waals surface area (Å²) in [6.07, 6.45) is -4.76. The minimum absolute atomic E-state index is 0.112. The average molecular weight is 247 g/mol. The molecule has 0 spiro atoms. The van der Waals surface area contributed by atoms with Gasteiger partial charge >= 0.3 is 12.8 Å². The summed E-state index contributed by atoms with van der Waals surface area (Å²) in [4.78, 5) is 0. The van der Waals surface area contributed by atoms with Crippen molar-refractivity contribution in [3.8, 4) is 5.75 Å². The van der Waals surface area contributed by atoms with Gasteiger partial charge in [-0.3, -0.25) is 0 Å². The molecule has 0 fully saturated rings. The van der Waals surface area contributed by atoms with Crippen LogP contribution in [0.15, 0.2) is 18.2 Å². The molecule has 0 aromatic heterocycles. The van der Waals surface area contributed by atoms with Gasteiger partial charge in [-0.15, -0.1) is 0 Å². The summed E-state index contributed by atoms with van der Waals surface area (Å²) in [5, 5.41) is -0.112. The van der Waals surface area contributed by atoms with Crippen LogP contribution < -0.4 is 4.74 Å². The highest BCUT2D eigenvalue weighted by Crippen LogP contribution is 2.38. The summed E-state index contributed by atoms with van der Waals surface area (Å²) in [6, 6.07) is 2.22. The fourth-order valence-electron chi connectivity index (χ4n) is 0.924. The topological polar surface area (TPSA) is 9.23 Å². The molecule has 1 nitrogen and oxygen atoms in total. The molecule has 7 heteroatoms. The molecule has 1 rings (SSSR count). The van der Waals surface area contributed by atoms with Crippen LogP contribution in [-0.2, 0) is 6.18 Å². The van der Waals surface area contributed by atoms with Crippen LogP contribution in [0.2, 0.25) is 5.02 Å². The first kappa shape index (κ1) is 12.0. The standard InChI is InChI=1S/C8H4ClF5O/c9-4-1-2-5(8(12,13)14)6(3-4)15-7(10)11/h1-3,7H. The van der Waals surface area contributed by atoms with E-state index in [2.05, 4.69) is 4.74 Å². The zero-order chi connectivity index (χ0) is 11.6. The molecule has 0 bridgehead atoms. The maximum atomic E-state index is 12.3. The first-order chi connectivity index (χ1) is 6.80. The average Bonchev–Trinajstić information content (AvgIpc) is 1.99. The first-order valence-corrected chi connectivity index (χ1v) is 4.00. The second kappa shape index (κ2) is 4.22. The lowest BCUT2D eigenvalue weighted by Gasteiger charge is -2.13. The summed E-state index contributed by atoms with van der Waals surface area (Å²) >= 11 is 5.36. The van der Waals surface area contributed by atoms with E-state index in [4.69, 9.17) is 11.6 Å². The van der Waals surface area contributed by atoms with Crippen LogP contribution in [0, 0.1) is 0 Å². The molecule has 0 atom stereocenters. The van der Waals surface area contributed by atoms with Crippen molar-refractivity contribution in [2.24, 2.45) is 0 Å². The van der Waals surface area contributed by atoms with Crippen molar-refractivity contribution >= 4 is 11.6 Å². The SMILES string of the molecule is FC(F)Oc1cc(Cl)ccc1C(F)(F)F. The fourth-order valence-corrected chi connectivity index (χ4v) is 1.09. The van der Waals surface area contributed by atoms with Crippen molar-refractivity contribution in [2.75, 3.05) is 0 Å². The lowest BCUT2D eigenvalue weighted by Crippen LogP contribution is -2.11. The number of rotatable bonds is 2. The van der Waals surface area contributed by atoms with Gasteiger partial charge in [-0.2, -0.15) is 22.0 Å². The predicted molar refractivity (Wildman–Crippen MR) is 43.1 cm³/mol. The molecular formula is C8H4ClF5O. The molecule has 15 heavy (non-hydrogen) atoms.